The van der Waals surface area contributed by atoms with Crippen LogP contribution in [0.3, 0.4) is 0 Å². The first-order chi connectivity index (χ1) is 7.09. The Hall–Kier alpha value is -0.560. The molecule has 78 valence electrons. The minimum absolute atomic E-state index is 0.555. The van der Waals surface area contributed by atoms with Crippen LogP contribution >= 0.6 is 38.5 Å². The number of nitrogens with zero attached hydrogens (tertiary/aromatic N) is 1. The first kappa shape index (κ1) is 10.9. The molecule has 1 heterocycles. The Kier molecular flexibility index (Phi) is 3.01. The number of aromatic nitrogens is 2. The zero-order chi connectivity index (χ0) is 11.0. The van der Waals surface area contributed by atoms with Crippen molar-refractivity contribution in [2.75, 3.05) is 5.73 Å². The molecule has 2 rings (SSSR count). The monoisotopic (exact) mass is 377 g/mol. The number of nitrogens with one attached hydrogen (secondary N) is 1. The predicted octanol–water partition coefficient (Wildman–Crippen LogP) is 3.33. The van der Waals surface area contributed by atoms with Gasteiger partial charge < -0.3 is 5.73 Å². The van der Waals surface area contributed by atoms with E-state index in [1.54, 1.807) is 0 Å². The molecule has 0 aliphatic heterocycles. The highest BCUT2D eigenvalue weighted by molar-refractivity contribution is 14.1. The molecule has 0 fully saturated rings. The number of rotatable bonds is 1. The summed E-state index contributed by atoms with van der Waals surface area (Å²) in [6.07, 6.45) is 0. The highest BCUT2D eigenvalue weighted by atomic mass is 127. The number of nitrogens with two attached hydrogens (primary N) is 1. The van der Waals surface area contributed by atoms with Crippen molar-refractivity contribution in [3.8, 4) is 11.3 Å². The lowest BCUT2D eigenvalue weighted by molar-refractivity contribution is 1.10. The van der Waals surface area contributed by atoms with Crippen molar-refractivity contribution in [1.29, 1.82) is 0 Å². The first-order valence-electron chi connectivity index (χ1n) is 4.35. The van der Waals surface area contributed by atoms with Gasteiger partial charge in [-0.3, -0.25) is 5.10 Å². The van der Waals surface area contributed by atoms with E-state index in [1.165, 1.54) is 3.57 Å². The molecule has 0 spiro atoms. The molecule has 0 saturated heterocycles. The molecule has 1 aromatic heterocycles. The fraction of sp³-hybridized carbons (Fsp3) is 0.100. The summed E-state index contributed by atoms with van der Waals surface area (Å²) < 4.78 is 2.26. The van der Waals surface area contributed by atoms with E-state index in [4.69, 9.17) is 5.73 Å². The molecule has 0 radical (unpaired) electrons. The summed E-state index contributed by atoms with van der Waals surface area (Å²) in [4.78, 5) is 0. The minimum Gasteiger partial charge on any atom is -0.382 e. The van der Waals surface area contributed by atoms with Crippen molar-refractivity contribution >= 4 is 44.3 Å². The summed E-state index contributed by atoms with van der Waals surface area (Å²) in [6, 6.07) is 6.16. The smallest absolute Gasteiger partial charge is 0.148 e. The van der Waals surface area contributed by atoms with Crippen LogP contribution in [0.2, 0.25) is 0 Å². The van der Waals surface area contributed by atoms with Crippen LogP contribution in [0.1, 0.15) is 5.56 Å². The van der Waals surface area contributed by atoms with Crippen LogP contribution < -0.4 is 5.73 Å². The number of aromatic amines is 1. The van der Waals surface area contributed by atoms with Gasteiger partial charge in [0.2, 0.25) is 0 Å². The van der Waals surface area contributed by atoms with Gasteiger partial charge in [-0.1, -0.05) is 6.07 Å². The van der Waals surface area contributed by atoms with Gasteiger partial charge in [0, 0.05) is 19.2 Å². The summed E-state index contributed by atoms with van der Waals surface area (Å²) in [7, 11) is 0. The zero-order valence-corrected chi connectivity index (χ0v) is 11.8. The highest BCUT2D eigenvalue weighted by Gasteiger charge is 2.09. The number of benzene rings is 1. The van der Waals surface area contributed by atoms with Crippen LogP contribution in [0.15, 0.2) is 22.7 Å². The van der Waals surface area contributed by atoms with Gasteiger partial charge in [-0.05, 0) is 57.6 Å². The molecule has 0 bridgehead atoms. The van der Waals surface area contributed by atoms with E-state index in [1.807, 2.05) is 13.0 Å². The SMILES string of the molecule is Cc1c(N)n[nH]c1-c1ccc(I)c(Br)c1. The Morgan fingerprint density at radius 3 is 2.73 bits per heavy atom. The molecule has 0 unspecified atom stereocenters. The minimum atomic E-state index is 0.555. The van der Waals surface area contributed by atoms with E-state index in [0.29, 0.717) is 5.82 Å². The van der Waals surface area contributed by atoms with E-state index in [-0.39, 0.29) is 0 Å². The molecule has 3 N–H and O–H groups in total. The predicted molar refractivity (Wildman–Crippen MR) is 73.6 cm³/mol. The lowest BCUT2D eigenvalue weighted by Gasteiger charge is -2.02. The van der Waals surface area contributed by atoms with E-state index < -0.39 is 0 Å². The number of halogens is 2. The van der Waals surface area contributed by atoms with Gasteiger partial charge in [0.05, 0.1) is 5.69 Å². The van der Waals surface area contributed by atoms with E-state index >= 15 is 0 Å². The van der Waals surface area contributed by atoms with Crippen LogP contribution in [0.25, 0.3) is 11.3 Å². The molecular weight excluding hydrogens is 369 g/mol. The van der Waals surface area contributed by atoms with Gasteiger partial charge in [-0.25, -0.2) is 0 Å². The lowest BCUT2D eigenvalue weighted by atomic mass is 10.1. The summed E-state index contributed by atoms with van der Waals surface area (Å²) >= 11 is 5.78. The van der Waals surface area contributed by atoms with Crippen molar-refractivity contribution in [2.24, 2.45) is 0 Å². The third-order valence-electron chi connectivity index (χ3n) is 2.26. The van der Waals surface area contributed by atoms with Gasteiger partial charge >= 0.3 is 0 Å². The van der Waals surface area contributed by atoms with E-state index in [9.17, 15) is 0 Å². The van der Waals surface area contributed by atoms with Crippen LogP contribution in [0, 0.1) is 10.5 Å². The lowest BCUT2D eigenvalue weighted by Crippen LogP contribution is -1.86. The third kappa shape index (κ3) is 2.03. The summed E-state index contributed by atoms with van der Waals surface area (Å²) in [5.41, 5.74) is 8.74. The molecule has 2 aromatic rings. The van der Waals surface area contributed by atoms with Gasteiger partial charge in [-0.2, -0.15) is 5.10 Å². The van der Waals surface area contributed by atoms with Gasteiger partial charge in [-0.15, -0.1) is 0 Å². The van der Waals surface area contributed by atoms with Gasteiger partial charge in [0.25, 0.3) is 0 Å². The number of hydrogen-bond donors (Lipinski definition) is 2. The molecule has 0 saturated carbocycles. The van der Waals surface area contributed by atoms with Crippen molar-refractivity contribution in [1.82, 2.24) is 10.2 Å². The Morgan fingerprint density at radius 1 is 1.47 bits per heavy atom. The molecule has 0 aliphatic carbocycles. The number of nitrogen functional groups attached to an aromatic ring is 1. The maximum Gasteiger partial charge on any atom is 0.148 e. The van der Waals surface area contributed by atoms with Gasteiger partial charge in [0.1, 0.15) is 5.82 Å². The third-order valence-corrected chi connectivity index (χ3v) is 4.59. The molecule has 1 aromatic carbocycles. The fourth-order valence-corrected chi connectivity index (χ4v) is 2.06. The van der Waals surface area contributed by atoms with Gasteiger partial charge in [0.15, 0.2) is 0 Å². The molecule has 0 atom stereocenters. The Balaban J connectivity index is 2.55. The first-order valence-corrected chi connectivity index (χ1v) is 6.22. The number of anilines is 1. The fourth-order valence-electron chi connectivity index (χ4n) is 1.34. The maximum atomic E-state index is 5.69. The maximum absolute atomic E-state index is 5.69. The largest absolute Gasteiger partial charge is 0.382 e. The number of hydrogen-bond acceptors (Lipinski definition) is 2. The number of H-pyrrole nitrogens is 1. The molecular formula is C10H9BrIN3. The molecule has 5 heteroatoms. The second-order valence-electron chi connectivity index (χ2n) is 3.24. The normalized spacial score (nSPS) is 10.6. The molecule has 0 aliphatic rings. The highest BCUT2D eigenvalue weighted by Crippen LogP contribution is 2.29. The summed E-state index contributed by atoms with van der Waals surface area (Å²) in [5.74, 6) is 0.555. The Morgan fingerprint density at radius 2 is 2.20 bits per heavy atom. The van der Waals surface area contributed by atoms with Crippen LogP contribution in [0.5, 0.6) is 0 Å². The Labute approximate surface area is 110 Å². The van der Waals surface area contributed by atoms with Crippen molar-refractivity contribution < 1.29 is 0 Å². The van der Waals surface area contributed by atoms with Crippen LogP contribution in [-0.2, 0) is 0 Å². The van der Waals surface area contributed by atoms with Crippen molar-refractivity contribution in [3.63, 3.8) is 0 Å². The second kappa shape index (κ2) is 4.13. The molecule has 15 heavy (non-hydrogen) atoms. The standard InChI is InChI=1S/C10H9BrIN3/c1-5-9(14-15-10(5)13)6-2-3-8(12)7(11)4-6/h2-4H,1H3,(H3,13,14,15). The molecule has 3 nitrogen and oxygen atoms in total. The van der Waals surface area contributed by atoms with E-state index in [2.05, 4.69) is 60.9 Å². The topological polar surface area (TPSA) is 54.7 Å². The van der Waals surface area contributed by atoms with E-state index in [0.717, 1.165) is 21.3 Å². The quantitative estimate of drug-likeness (QED) is 0.749. The van der Waals surface area contributed by atoms with Crippen molar-refractivity contribution in [2.45, 2.75) is 6.92 Å². The van der Waals surface area contributed by atoms with Crippen LogP contribution in [-0.4, -0.2) is 10.2 Å². The Bertz CT molecular complexity index is 507. The average molecular weight is 378 g/mol. The molecule has 0 amide bonds. The summed E-state index contributed by atoms with van der Waals surface area (Å²) in [5, 5.41) is 6.92. The zero-order valence-electron chi connectivity index (χ0n) is 8.01. The summed E-state index contributed by atoms with van der Waals surface area (Å²) in [6.45, 7) is 1.96. The average Bonchev–Trinajstić information content (AvgIpc) is 2.53. The van der Waals surface area contributed by atoms with Crippen molar-refractivity contribution in [3.05, 3.63) is 31.8 Å². The van der Waals surface area contributed by atoms with Crippen LogP contribution in [0.4, 0.5) is 5.82 Å². The second-order valence-corrected chi connectivity index (χ2v) is 5.25.